The minimum absolute atomic E-state index is 0.00394. The van der Waals surface area contributed by atoms with Crippen LogP contribution < -0.4 is 21.3 Å². The number of nitrogens with two attached hydrogens (primary N) is 2. The summed E-state index contributed by atoms with van der Waals surface area (Å²) in [5.74, 6) is 7.24. The Morgan fingerprint density at radius 2 is 1.79 bits per heavy atom. The SMILES string of the molecule is CCC1(C)CN(Cc2cc(C(c3ccc(N(C)N)c(N)c3C)C(C)(C)C)ccc2C)Cc2ccccc2O1. The van der Waals surface area contributed by atoms with E-state index in [1.807, 2.05) is 13.1 Å². The molecule has 0 spiro atoms. The second-order valence-electron chi connectivity index (χ2n) is 12.5. The lowest BCUT2D eigenvalue weighted by Crippen LogP contribution is -2.42. The third kappa shape index (κ3) is 5.69. The van der Waals surface area contributed by atoms with E-state index in [-0.39, 0.29) is 16.9 Å². The Morgan fingerprint density at radius 1 is 1.08 bits per heavy atom. The van der Waals surface area contributed by atoms with Crippen molar-refractivity contribution in [3.05, 3.63) is 88.0 Å². The van der Waals surface area contributed by atoms with Gasteiger partial charge in [-0.3, -0.25) is 4.90 Å². The molecule has 2 unspecified atom stereocenters. The van der Waals surface area contributed by atoms with E-state index in [1.165, 1.54) is 27.8 Å². The first-order chi connectivity index (χ1) is 17.8. The summed E-state index contributed by atoms with van der Waals surface area (Å²) >= 11 is 0. The van der Waals surface area contributed by atoms with Gasteiger partial charge in [-0.05, 0) is 72.6 Å². The number of hydrazine groups is 1. The monoisotopic (exact) mass is 514 g/mol. The van der Waals surface area contributed by atoms with Gasteiger partial charge < -0.3 is 15.5 Å². The van der Waals surface area contributed by atoms with Gasteiger partial charge in [-0.15, -0.1) is 0 Å². The van der Waals surface area contributed by atoms with Gasteiger partial charge in [-0.1, -0.05) is 70.2 Å². The van der Waals surface area contributed by atoms with Crippen LogP contribution in [0.15, 0.2) is 54.6 Å². The van der Waals surface area contributed by atoms with Crippen LogP contribution in [0, 0.1) is 19.3 Å². The van der Waals surface area contributed by atoms with Crippen molar-refractivity contribution in [2.75, 3.05) is 24.3 Å². The maximum absolute atomic E-state index is 6.57. The summed E-state index contributed by atoms with van der Waals surface area (Å²) in [6, 6.07) is 19.7. The molecule has 4 rings (SSSR count). The first-order valence-electron chi connectivity index (χ1n) is 13.8. The van der Waals surface area contributed by atoms with E-state index in [0.717, 1.165) is 48.7 Å². The van der Waals surface area contributed by atoms with Crippen molar-refractivity contribution in [2.45, 2.75) is 79.5 Å². The van der Waals surface area contributed by atoms with Gasteiger partial charge in [-0.2, -0.15) is 0 Å². The molecule has 1 aliphatic heterocycles. The molecule has 0 bridgehead atoms. The van der Waals surface area contributed by atoms with Crippen LogP contribution in [0.3, 0.4) is 0 Å². The molecule has 0 amide bonds. The average Bonchev–Trinajstić information content (AvgIpc) is 2.98. The van der Waals surface area contributed by atoms with E-state index in [9.17, 15) is 0 Å². The molecule has 5 nitrogen and oxygen atoms in total. The number of nitrogen functional groups attached to an aromatic ring is 1. The van der Waals surface area contributed by atoms with Crippen LogP contribution in [0.1, 0.15) is 80.3 Å². The summed E-state index contributed by atoms with van der Waals surface area (Å²) in [5, 5.41) is 1.59. The molecule has 0 saturated carbocycles. The van der Waals surface area contributed by atoms with Crippen molar-refractivity contribution >= 4 is 11.4 Å². The van der Waals surface area contributed by atoms with Gasteiger partial charge in [0.25, 0.3) is 0 Å². The number of aryl methyl sites for hydroxylation is 1. The molecule has 0 aromatic heterocycles. The van der Waals surface area contributed by atoms with Gasteiger partial charge >= 0.3 is 0 Å². The standard InChI is InChI=1S/C33H46N4O/c1-9-33(7)21-37(19-25-12-10-11-13-29(25)38-33)20-26-18-24(15-14-22(26)2)30(32(4,5)6)27-16-17-28(36(8)35)31(34)23(27)3/h10-18,30H,9,19-21,34-35H2,1-8H3. The number of para-hydroxylation sites is 1. The molecule has 204 valence electrons. The molecular weight excluding hydrogens is 468 g/mol. The van der Waals surface area contributed by atoms with Crippen LogP contribution in [0.5, 0.6) is 5.75 Å². The lowest BCUT2D eigenvalue weighted by molar-refractivity contribution is 0.0478. The highest BCUT2D eigenvalue weighted by atomic mass is 16.5. The van der Waals surface area contributed by atoms with Gasteiger partial charge in [0, 0.05) is 38.2 Å². The Hall–Kier alpha value is -3.02. The van der Waals surface area contributed by atoms with Gasteiger partial charge in [0.2, 0.25) is 0 Å². The Bertz CT molecular complexity index is 1290. The number of nitrogens with zero attached hydrogens (tertiary/aromatic N) is 2. The average molecular weight is 515 g/mol. The highest BCUT2D eigenvalue weighted by Gasteiger charge is 2.33. The second kappa shape index (κ2) is 10.6. The minimum atomic E-state index is -0.224. The molecule has 1 aliphatic rings. The Labute approximate surface area is 229 Å². The summed E-state index contributed by atoms with van der Waals surface area (Å²) in [4.78, 5) is 2.54. The van der Waals surface area contributed by atoms with Crippen molar-refractivity contribution in [3.8, 4) is 5.75 Å². The van der Waals surface area contributed by atoms with E-state index in [4.69, 9.17) is 16.3 Å². The van der Waals surface area contributed by atoms with Gasteiger partial charge in [0.05, 0.1) is 11.4 Å². The topological polar surface area (TPSA) is 67.8 Å². The van der Waals surface area contributed by atoms with Gasteiger partial charge in [-0.25, -0.2) is 5.84 Å². The fourth-order valence-electron chi connectivity index (χ4n) is 5.88. The molecular formula is C33H46N4O. The molecule has 0 aliphatic carbocycles. The quantitative estimate of drug-likeness (QED) is 0.212. The van der Waals surface area contributed by atoms with Crippen LogP contribution >= 0.6 is 0 Å². The number of fused-ring (bicyclic) bond motifs is 1. The zero-order chi connectivity index (χ0) is 27.8. The van der Waals surface area contributed by atoms with E-state index >= 15 is 0 Å². The fourth-order valence-corrected chi connectivity index (χ4v) is 5.88. The Morgan fingerprint density at radius 3 is 2.45 bits per heavy atom. The summed E-state index contributed by atoms with van der Waals surface area (Å²) in [5.41, 5.74) is 15.5. The third-order valence-corrected chi connectivity index (χ3v) is 8.22. The molecule has 0 fully saturated rings. The van der Waals surface area contributed by atoms with E-state index in [2.05, 4.69) is 102 Å². The van der Waals surface area contributed by atoms with Crippen LogP contribution in [0.25, 0.3) is 0 Å². The number of rotatable bonds is 6. The summed E-state index contributed by atoms with van der Waals surface area (Å²) in [6.07, 6.45) is 0.956. The molecule has 5 heteroatoms. The normalized spacial score (nSPS) is 18.9. The van der Waals surface area contributed by atoms with Crippen molar-refractivity contribution in [2.24, 2.45) is 11.3 Å². The summed E-state index contributed by atoms with van der Waals surface area (Å²) in [6.45, 7) is 18.4. The highest BCUT2D eigenvalue weighted by molar-refractivity contribution is 5.72. The highest BCUT2D eigenvalue weighted by Crippen LogP contribution is 2.44. The molecule has 0 radical (unpaired) electrons. The number of ether oxygens (including phenoxy) is 1. The summed E-state index contributed by atoms with van der Waals surface area (Å²) in [7, 11) is 1.83. The van der Waals surface area contributed by atoms with Crippen LogP contribution in [-0.4, -0.2) is 24.1 Å². The minimum Gasteiger partial charge on any atom is -0.486 e. The van der Waals surface area contributed by atoms with Crippen molar-refractivity contribution in [1.82, 2.24) is 4.90 Å². The fraction of sp³-hybridized carbons (Fsp3) is 0.455. The van der Waals surface area contributed by atoms with Gasteiger partial charge in [0.1, 0.15) is 11.4 Å². The maximum atomic E-state index is 6.57. The maximum Gasteiger partial charge on any atom is 0.124 e. The van der Waals surface area contributed by atoms with Crippen molar-refractivity contribution in [3.63, 3.8) is 0 Å². The Balaban J connectivity index is 1.73. The largest absolute Gasteiger partial charge is 0.486 e. The molecule has 3 aromatic carbocycles. The number of hydrogen-bond donors (Lipinski definition) is 2. The first kappa shape index (κ1) is 28.0. The van der Waals surface area contributed by atoms with Crippen molar-refractivity contribution < 1.29 is 4.74 Å². The third-order valence-electron chi connectivity index (χ3n) is 8.22. The van der Waals surface area contributed by atoms with E-state index in [0.29, 0.717) is 0 Å². The first-order valence-corrected chi connectivity index (χ1v) is 13.8. The number of benzene rings is 3. The molecule has 1 heterocycles. The zero-order valence-corrected chi connectivity index (χ0v) is 24.6. The zero-order valence-electron chi connectivity index (χ0n) is 24.6. The van der Waals surface area contributed by atoms with Crippen molar-refractivity contribution in [1.29, 1.82) is 0 Å². The van der Waals surface area contributed by atoms with Crippen LogP contribution in [0.2, 0.25) is 0 Å². The van der Waals surface area contributed by atoms with Crippen LogP contribution in [-0.2, 0) is 13.1 Å². The molecule has 2 atom stereocenters. The number of hydrogen-bond acceptors (Lipinski definition) is 5. The lowest BCUT2D eigenvalue weighted by Gasteiger charge is -2.35. The number of anilines is 2. The molecule has 4 N–H and O–H groups in total. The van der Waals surface area contributed by atoms with Crippen LogP contribution in [0.4, 0.5) is 11.4 Å². The molecule has 0 saturated heterocycles. The Kier molecular flexibility index (Phi) is 7.83. The lowest BCUT2D eigenvalue weighted by atomic mass is 9.71. The van der Waals surface area contributed by atoms with Gasteiger partial charge in [0.15, 0.2) is 0 Å². The second-order valence-corrected chi connectivity index (χ2v) is 12.5. The van der Waals surface area contributed by atoms with E-state index < -0.39 is 0 Å². The molecule has 3 aromatic rings. The predicted molar refractivity (Wildman–Crippen MR) is 161 cm³/mol. The smallest absolute Gasteiger partial charge is 0.124 e. The van der Waals surface area contributed by atoms with E-state index in [1.54, 1.807) is 5.01 Å². The predicted octanol–water partition coefficient (Wildman–Crippen LogP) is 6.94. The summed E-state index contributed by atoms with van der Waals surface area (Å²) < 4.78 is 6.54. The molecule has 38 heavy (non-hydrogen) atoms.